The smallest absolute Gasteiger partial charge is 0.337 e. The Bertz CT molecular complexity index is 1360. The Balaban J connectivity index is 2.04. The first-order valence-corrected chi connectivity index (χ1v) is 9.98. The van der Waals surface area contributed by atoms with Crippen molar-refractivity contribution in [1.29, 1.82) is 10.7 Å². The van der Waals surface area contributed by atoms with Gasteiger partial charge >= 0.3 is 5.97 Å². The summed E-state index contributed by atoms with van der Waals surface area (Å²) in [7, 11) is 1.54. The summed E-state index contributed by atoms with van der Waals surface area (Å²) in [5.41, 5.74) is 0.544. The van der Waals surface area contributed by atoms with E-state index >= 15 is 0 Å². The van der Waals surface area contributed by atoms with Crippen LogP contribution in [0.25, 0.3) is 11.1 Å². The molecule has 0 heterocycles. The topological polar surface area (TPSA) is 155 Å². The molecular formula is C25H20N4O5. The highest BCUT2D eigenvalue weighted by atomic mass is 16.4. The standard InChI is InChI=1S/C25H20N4O5/c1-14(30)29(2)21-12-22(31)19(11-17(21)16-6-4-3-5-7-16)23(27)24(32)28-20-9-8-15(13-26)10-18(20)25(33)34/h3-12,27,31H,1-2H3,(H,28,32)(H,33,34). The molecule has 3 aromatic rings. The number of aromatic carboxylic acids is 1. The SMILES string of the molecule is CC(=O)N(C)c1cc(O)c(C(=N)C(=O)Nc2ccc(C#N)cc2C(=O)O)cc1-c1ccccc1. The van der Waals surface area contributed by atoms with E-state index in [0.29, 0.717) is 16.8 Å². The molecule has 0 aliphatic heterocycles. The molecule has 0 aliphatic rings. The highest BCUT2D eigenvalue weighted by Crippen LogP contribution is 2.36. The first-order chi connectivity index (χ1) is 16.1. The van der Waals surface area contributed by atoms with Gasteiger partial charge in [-0.05, 0) is 29.8 Å². The van der Waals surface area contributed by atoms with Gasteiger partial charge in [-0.2, -0.15) is 5.26 Å². The van der Waals surface area contributed by atoms with Gasteiger partial charge in [-0.15, -0.1) is 0 Å². The first kappa shape index (κ1) is 23.7. The third kappa shape index (κ3) is 4.76. The van der Waals surface area contributed by atoms with Crippen LogP contribution in [0.2, 0.25) is 0 Å². The summed E-state index contributed by atoms with van der Waals surface area (Å²) < 4.78 is 0. The molecule has 0 fully saturated rings. The predicted molar refractivity (Wildman–Crippen MR) is 126 cm³/mol. The predicted octanol–water partition coefficient (Wildman–Crippen LogP) is 3.62. The van der Waals surface area contributed by atoms with Crippen LogP contribution in [0.1, 0.15) is 28.4 Å². The van der Waals surface area contributed by atoms with Gasteiger partial charge in [-0.1, -0.05) is 30.3 Å². The van der Waals surface area contributed by atoms with E-state index in [0.717, 1.165) is 6.07 Å². The monoisotopic (exact) mass is 456 g/mol. The Kier molecular flexibility index (Phi) is 6.73. The number of carboxylic acid groups (broad SMARTS) is 1. The quantitative estimate of drug-likeness (QED) is 0.415. The first-order valence-electron chi connectivity index (χ1n) is 9.98. The molecule has 0 unspecified atom stereocenters. The lowest BCUT2D eigenvalue weighted by Gasteiger charge is -2.21. The molecule has 4 N–H and O–H groups in total. The largest absolute Gasteiger partial charge is 0.507 e. The molecule has 3 aromatic carbocycles. The van der Waals surface area contributed by atoms with Crippen molar-refractivity contribution in [3.63, 3.8) is 0 Å². The number of carboxylic acids is 1. The maximum absolute atomic E-state index is 12.8. The molecule has 3 rings (SSSR count). The molecule has 0 saturated carbocycles. The number of phenolic OH excluding ortho intramolecular Hbond substituents is 1. The summed E-state index contributed by atoms with van der Waals surface area (Å²) in [4.78, 5) is 37.6. The van der Waals surface area contributed by atoms with Crippen molar-refractivity contribution in [2.75, 3.05) is 17.3 Å². The van der Waals surface area contributed by atoms with Crippen LogP contribution in [-0.2, 0) is 9.59 Å². The molecule has 0 bridgehead atoms. The third-order valence-electron chi connectivity index (χ3n) is 5.16. The van der Waals surface area contributed by atoms with Crippen LogP contribution in [0.3, 0.4) is 0 Å². The summed E-state index contributed by atoms with van der Waals surface area (Å²) in [6.07, 6.45) is 0. The number of nitrogens with zero attached hydrogens (tertiary/aromatic N) is 2. The summed E-state index contributed by atoms with van der Waals surface area (Å²) >= 11 is 0. The zero-order valence-electron chi connectivity index (χ0n) is 18.3. The summed E-state index contributed by atoms with van der Waals surface area (Å²) in [6, 6.07) is 17.2. The van der Waals surface area contributed by atoms with E-state index in [1.54, 1.807) is 31.3 Å². The Morgan fingerprint density at radius 3 is 2.29 bits per heavy atom. The molecule has 0 radical (unpaired) electrons. The molecule has 34 heavy (non-hydrogen) atoms. The van der Waals surface area contributed by atoms with Crippen LogP contribution in [0, 0.1) is 16.7 Å². The van der Waals surface area contributed by atoms with E-state index in [1.807, 2.05) is 12.1 Å². The van der Waals surface area contributed by atoms with E-state index in [-0.39, 0.29) is 28.3 Å². The number of nitriles is 1. The Hall–Kier alpha value is -4.97. The summed E-state index contributed by atoms with van der Waals surface area (Å²) in [5, 5.41) is 39.7. The fraction of sp³-hybridized carbons (Fsp3) is 0.0800. The molecule has 0 saturated heterocycles. The lowest BCUT2D eigenvalue weighted by Crippen LogP contribution is -2.26. The van der Waals surface area contributed by atoms with Crippen LogP contribution >= 0.6 is 0 Å². The minimum Gasteiger partial charge on any atom is -0.507 e. The van der Waals surface area contributed by atoms with Gasteiger partial charge in [0.05, 0.1) is 28.6 Å². The fourth-order valence-electron chi connectivity index (χ4n) is 3.28. The minimum absolute atomic E-state index is 0.0980. The summed E-state index contributed by atoms with van der Waals surface area (Å²) in [5.74, 6) is -3.00. The molecule has 0 spiro atoms. The van der Waals surface area contributed by atoms with Crippen molar-refractivity contribution in [3.05, 3.63) is 77.4 Å². The zero-order valence-corrected chi connectivity index (χ0v) is 18.3. The van der Waals surface area contributed by atoms with Gasteiger partial charge in [0, 0.05) is 31.2 Å². The second kappa shape index (κ2) is 9.67. The Morgan fingerprint density at radius 2 is 1.71 bits per heavy atom. The van der Waals surface area contributed by atoms with Gasteiger partial charge in [0.15, 0.2) is 0 Å². The van der Waals surface area contributed by atoms with Gasteiger partial charge in [-0.3, -0.25) is 15.0 Å². The maximum Gasteiger partial charge on any atom is 0.337 e. The van der Waals surface area contributed by atoms with Gasteiger partial charge < -0.3 is 20.4 Å². The molecule has 9 heteroatoms. The van der Waals surface area contributed by atoms with Crippen LogP contribution in [0.5, 0.6) is 5.75 Å². The molecule has 0 aliphatic carbocycles. The van der Waals surface area contributed by atoms with Crippen molar-refractivity contribution in [3.8, 4) is 22.9 Å². The Labute approximate surface area is 195 Å². The van der Waals surface area contributed by atoms with Crippen LogP contribution in [-0.4, -0.2) is 40.8 Å². The van der Waals surface area contributed by atoms with Crippen molar-refractivity contribution in [2.24, 2.45) is 0 Å². The number of hydrogen-bond donors (Lipinski definition) is 4. The number of anilines is 2. The highest BCUT2D eigenvalue weighted by Gasteiger charge is 2.23. The lowest BCUT2D eigenvalue weighted by molar-refractivity contribution is -0.116. The minimum atomic E-state index is -1.36. The summed E-state index contributed by atoms with van der Waals surface area (Å²) in [6.45, 7) is 1.37. The number of carbonyl (C=O) groups is 3. The molecule has 170 valence electrons. The average molecular weight is 456 g/mol. The average Bonchev–Trinajstić information content (AvgIpc) is 2.83. The number of nitrogens with one attached hydrogen (secondary N) is 2. The zero-order chi connectivity index (χ0) is 25.0. The number of phenols is 1. The molecular weight excluding hydrogens is 436 g/mol. The van der Waals surface area contributed by atoms with Crippen molar-refractivity contribution < 1.29 is 24.6 Å². The molecule has 9 nitrogen and oxygen atoms in total. The van der Waals surface area contributed by atoms with Crippen molar-refractivity contribution >= 4 is 34.9 Å². The van der Waals surface area contributed by atoms with Crippen molar-refractivity contribution in [2.45, 2.75) is 6.92 Å². The van der Waals surface area contributed by atoms with Gasteiger partial charge in [0.2, 0.25) is 5.91 Å². The van der Waals surface area contributed by atoms with Gasteiger partial charge in [0.25, 0.3) is 5.91 Å². The van der Waals surface area contributed by atoms with Crippen LogP contribution in [0.15, 0.2) is 60.7 Å². The highest BCUT2D eigenvalue weighted by molar-refractivity contribution is 6.48. The van der Waals surface area contributed by atoms with E-state index in [9.17, 15) is 24.6 Å². The molecule has 0 aromatic heterocycles. The lowest BCUT2D eigenvalue weighted by atomic mass is 9.97. The third-order valence-corrected chi connectivity index (χ3v) is 5.16. The number of carbonyl (C=O) groups excluding carboxylic acids is 2. The van der Waals surface area contributed by atoms with Crippen LogP contribution in [0.4, 0.5) is 11.4 Å². The normalized spacial score (nSPS) is 10.1. The second-order valence-corrected chi connectivity index (χ2v) is 7.34. The number of amides is 2. The van der Waals surface area contributed by atoms with Gasteiger partial charge in [-0.25, -0.2) is 4.79 Å². The van der Waals surface area contributed by atoms with Gasteiger partial charge in [0.1, 0.15) is 11.5 Å². The second-order valence-electron chi connectivity index (χ2n) is 7.34. The van der Waals surface area contributed by atoms with E-state index < -0.39 is 23.3 Å². The Morgan fingerprint density at radius 1 is 1.03 bits per heavy atom. The number of hydrogen-bond acceptors (Lipinski definition) is 6. The maximum atomic E-state index is 12.8. The molecule has 0 atom stereocenters. The van der Waals surface area contributed by atoms with Crippen molar-refractivity contribution in [1.82, 2.24) is 0 Å². The van der Waals surface area contributed by atoms with E-state index in [1.165, 1.54) is 36.1 Å². The fourth-order valence-corrected chi connectivity index (χ4v) is 3.28. The number of aromatic hydroxyl groups is 1. The number of rotatable bonds is 6. The number of benzene rings is 3. The van der Waals surface area contributed by atoms with Crippen LogP contribution < -0.4 is 10.2 Å². The van der Waals surface area contributed by atoms with E-state index in [2.05, 4.69) is 5.32 Å². The van der Waals surface area contributed by atoms with E-state index in [4.69, 9.17) is 10.7 Å². The molecule has 2 amide bonds.